The first kappa shape index (κ1) is 15.1. The molecule has 0 radical (unpaired) electrons. The van der Waals surface area contributed by atoms with E-state index in [1.807, 2.05) is 18.2 Å². The van der Waals surface area contributed by atoms with E-state index < -0.39 is 10.0 Å². The molecule has 24 heavy (non-hydrogen) atoms. The fourth-order valence-corrected chi connectivity index (χ4v) is 9.73. The molecule has 3 heterocycles. The molecule has 0 aromatic heterocycles. The maximum atomic E-state index is 14.2. The van der Waals surface area contributed by atoms with Gasteiger partial charge in [-0.25, -0.2) is 4.39 Å². The zero-order valence-corrected chi connectivity index (χ0v) is 14.9. The Morgan fingerprint density at radius 2 is 2.04 bits per heavy atom. The highest BCUT2D eigenvalue weighted by Crippen LogP contribution is 2.81. The maximum Gasteiger partial charge on any atom is 0.165 e. The molecule has 3 unspecified atom stereocenters. The van der Waals surface area contributed by atoms with Crippen molar-refractivity contribution in [1.29, 1.82) is 0 Å². The third kappa shape index (κ3) is 1.58. The van der Waals surface area contributed by atoms with E-state index in [1.54, 1.807) is 6.07 Å². The van der Waals surface area contributed by atoms with Crippen molar-refractivity contribution in [2.24, 2.45) is 0 Å². The average molecular weight is 365 g/mol. The predicted octanol–water partition coefficient (Wildman–Crippen LogP) is 5.16. The molecule has 5 heteroatoms. The van der Waals surface area contributed by atoms with Gasteiger partial charge in [-0.3, -0.25) is 0 Å². The highest BCUT2D eigenvalue weighted by atomic mass is 35.5. The maximum absolute atomic E-state index is 14.2. The molecule has 2 bridgehead atoms. The summed E-state index contributed by atoms with van der Waals surface area (Å²) in [6.07, 6.45) is 1.94. The van der Waals surface area contributed by atoms with Crippen molar-refractivity contribution in [1.82, 2.24) is 0 Å². The Balaban J connectivity index is 1.83. The van der Waals surface area contributed by atoms with Gasteiger partial charge in [-0.15, -0.1) is 0 Å². The van der Waals surface area contributed by atoms with Gasteiger partial charge in [0.15, 0.2) is 11.6 Å². The second kappa shape index (κ2) is 4.90. The molecular formula is C19H18ClFO2S. The number of hydrogen-bond acceptors (Lipinski definition) is 2. The van der Waals surface area contributed by atoms with Crippen molar-refractivity contribution in [2.45, 2.75) is 40.4 Å². The Morgan fingerprint density at radius 1 is 1.25 bits per heavy atom. The molecule has 1 fully saturated rings. The van der Waals surface area contributed by atoms with E-state index >= 15 is 0 Å². The minimum absolute atomic E-state index is 0.0846. The molecule has 2 aromatic carbocycles. The Bertz CT molecular complexity index is 840. The van der Waals surface area contributed by atoms with Crippen LogP contribution in [0.25, 0.3) is 0 Å². The van der Waals surface area contributed by atoms with E-state index in [9.17, 15) is 4.39 Å². The van der Waals surface area contributed by atoms with Crippen LogP contribution in [0.4, 0.5) is 4.39 Å². The van der Waals surface area contributed by atoms with Crippen LogP contribution >= 0.6 is 21.6 Å². The normalized spacial score (nSPS) is 35.2. The second-order valence-electron chi connectivity index (χ2n) is 6.76. The number of benzene rings is 2. The fraction of sp³-hybridized carbons (Fsp3) is 0.368. The second-order valence-corrected chi connectivity index (χ2v) is 10.6. The number of halogens is 2. The van der Waals surface area contributed by atoms with Gasteiger partial charge < -0.3 is 9.47 Å². The summed E-state index contributed by atoms with van der Waals surface area (Å²) >= 11 is 6.12. The van der Waals surface area contributed by atoms with Crippen LogP contribution in [0.5, 0.6) is 5.75 Å². The van der Waals surface area contributed by atoms with Crippen LogP contribution in [0.2, 0.25) is 5.02 Å². The fourth-order valence-electron chi connectivity index (χ4n) is 4.75. The first-order valence-corrected chi connectivity index (χ1v) is 10.4. The lowest BCUT2D eigenvalue weighted by Crippen LogP contribution is -2.47. The number of ether oxygens (including phenoxy) is 2. The van der Waals surface area contributed by atoms with Gasteiger partial charge in [-0.1, -0.05) is 18.5 Å². The van der Waals surface area contributed by atoms with Crippen LogP contribution in [-0.2, 0) is 11.2 Å². The molecule has 5 rings (SSSR count). The molecule has 0 aliphatic carbocycles. The van der Waals surface area contributed by atoms with E-state index in [-0.39, 0.29) is 16.7 Å². The van der Waals surface area contributed by atoms with Gasteiger partial charge in [0, 0.05) is 15.5 Å². The Kier molecular flexibility index (Phi) is 3.08. The molecule has 3 aliphatic rings. The largest absolute Gasteiger partial charge is 0.489 e. The molecular weight excluding hydrogens is 347 g/mol. The lowest BCUT2D eigenvalue weighted by atomic mass is 9.90. The van der Waals surface area contributed by atoms with Crippen LogP contribution in [0, 0.1) is 5.82 Å². The molecule has 3 atom stereocenters. The summed E-state index contributed by atoms with van der Waals surface area (Å²) in [4.78, 5) is 2.51. The molecule has 0 amide bonds. The summed E-state index contributed by atoms with van der Waals surface area (Å²) in [6, 6.07) is 11.7. The molecule has 0 saturated carbocycles. The van der Waals surface area contributed by atoms with Crippen LogP contribution < -0.4 is 4.74 Å². The highest BCUT2D eigenvalue weighted by molar-refractivity contribution is 8.35. The highest BCUT2D eigenvalue weighted by Gasteiger charge is 2.66. The van der Waals surface area contributed by atoms with Gasteiger partial charge in [0.25, 0.3) is 0 Å². The summed E-state index contributed by atoms with van der Waals surface area (Å²) in [7, 11) is -1.43. The quantitative estimate of drug-likeness (QED) is 0.733. The zero-order chi connectivity index (χ0) is 16.5. The van der Waals surface area contributed by atoms with Crippen molar-refractivity contribution < 1.29 is 13.9 Å². The van der Waals surface area contributed by atoms with Gasteiger partial charge in [-0.2, -0.15) is 10.0 Å². The molecule has 2 nitrogen and oxygen atoms in total. The van der Waals surface area contributed by atoms with Crippen LogP contribution in [-0.4, -0.2) is 23.4 Å². The molecule has 1 spiro atoms. The number of hydrogen-bond donors (Lipinski definition) is 0. The van der Waals surface area contributed by atoms with Crippen LogP contribution in [0.15, 0.2) is 46.2 Å². The Morgan fingerprint density at radius 3 is 2.79 bits per heavy atom. The third-order valence-corrected chi connectivity index (χ3v) is 10.7. The summed E-state index contributed by atoms with van der Waals surface area (Å²) < 4.78 is 26.4. The summed E-state index contributed by atoms with van der Waals surface area (Å²) in [5.74, 6) is 0.903. The minimum Gasteiger partial charge on any atom is -0.489 e. The minimum atomic E-state index is -1.43. The molecule has 0 N–H and O–H groups in total. The standard InChI is InChI=1S/C19H18ClFO2S/c1-2-17-19-9-14-16(8-7-15(21)18(14)22-10-19)24(19,11-23-17)13-5-3-12(20)4-6-13/h3-8,17H,2,9-11H2,1H3. The zero-order valence-electron chi connectivity index (χ0n) is 13.4. The van der Waals surface area contributed by atoms with Crippen LogP contribution in [0.1, 0.15) is 18.9 Å². The summed E-state index contributed by atoms with van der Waals surface area (Å²) in [6.45, 7) is 2.69. The van der Waals surface area contributed by atoms with Crippen molar-refractivity contribution in [3.63, 3.8) is 0 Å². The lowest BCUT2D eigenvalue weighted by Gasteiger charge is -2.46. The lowest BCUT2D eigenvalue weighted by molar-refractivity contribution is 0.0522. The smallest absolute Gasteiger partial charge is 0.165 e. The van der Waals surface area contributed by atoms with Gasteiger partial charge in [0.1, 0.15) is 6.61 Å². The average Bonchev–Trinajstić information content (AvgIpc) is 3.02. The van der Waals surface area contributed by atoms with Gasteiger partial charge in [-0.05, 0) is 54.1 Å². The van der Waals surface area contributed by atoms with Gasteiger partial charge in [0.05, 0.1) is 16.8 Å². The van der Waals surface area contributed by atoms with Crippen LogP contribution in [0.3, 0.4) is 0 Å². The van der Waals surface area contributed by atoms with E-state index in [1.165, 1.54) is 9.79 Å². The number of fused-ring (bicyclic) bond motifs is 1. The first-order chi connectivity index (χ1) is 11.6. The molecule has 2 aromatic rings. The van der Waals surface area contributed by atoms with Crippen molar-refractivity contribution in [3.05, 3.63) is 52.8 Å². The molecule has 3 aliphatic heterocycles. The molecule has 126 valence electrons. The van der Waals surface area contributed by atoms with E-state index in [0.29, 0.717) is 18.3 Å². The van der Waals surface area contributed by atoms with Crippen molar-refractivity contribution in [3.8, 4) is 5.75 Å². The first-order valence-electron chi connectivity index (χ1n) is 8.24. The van der Waals surface area contributed by atoms with E-state index in [0.717, 1.165) is 23.4 Å². The number of rotatable bonds is 2. The van der Waals surface area contributed by atoms with E-state index in [4.69, 9.17) is 21.1 Å². The van der Waals surface area contributed by atoms with Gasteiger partial charge >= 0.3 is 0 Å². The molecule has 1 saturated heterocycles. The van der Waals surface area contributed by atoms with Crippen molar-refractivity contribution in [2.75, 3.05) is 12.5 Å². The Labute approximate surface area is 147 Å². The van der Waals surface area contributed by atoms with E-state index in [2.05, 4.69) is 19.1 Å². The Hall–Kier alpha value is -1.23. The monoisotopic (exact) mass is 364 g/mol. The predicted molar refractivity (Wildman–Crippen MR) is 93.9 cm³/mol. The van der Waals surface area contributed by atoms with Gasteiger partial charge in [0.2, 0.25) is 0 Å². The van der Waals surface area contributed by atoms with Crippen molar-refractivity contribution >= 4 is 21.6 Å². The summed E-state index contributed by atoms with van der Waals surface area (Å²) in [5, 5.41) is 0.732. The SMILES string of the molecule is CCC1OCS2(c3ccc(Cl)cc3)c3ccc(F)c4c3CC12CO4. The third-order valence-electron chi connectivity index (χ3n) is 5.80. The summed E-state index contributed by atoms with van der Waals surface area (Å²) in [5.41, 5.74) is 1.06. The topological polar surface area (TPSA) is 18.5 Å².